The van der Waals surface area contributed by atoms with E-state index >= 15 is 0 Å². The number of hydrogen-bond acceptors (Lipinski definition) is 4. The summed E-state index contributed by atoms with van der Waals surface area (Å²) in [4.78, 5) is 17.4. The molecule has 1 aromatic rings. The molecular formula is C11H13N3O3. The number of fused-ring (bicyclic) bond motifs is 2. The molecule has 0 spiro atoms. The van der Waals surface area contributed by atoms with Crippen LogP contribution < -0.4 is 5.32 Å². The van der Waals surface area contributed by atoms with Crippen LogP contribution >= 0.6 is 0 Å². The third-order valence-electron chi connectivity index (χ3n) is 3.14. The maximum absolute atomic E-state index is 11.7. The molecule has 1 N–H and O–H groups in total. The Kier molecular flexibility index (Phi) is 2.36. The van der Waals surface area contributed by atoms with Crippen molar-refractivity contribution in [1.29, 1.82) is 0 Å². The Bertz CT molecular complexity index is 455. The lowest BCUT2D eigenvalue weighted by molar-refractivity contribution is 0.133. The number of hydrogen-bond donors (Lipinski definition) is 1. The highest BCUT2D eigenvalue weighted by Gasteiger charge is 2.40. The number of ether oxygens (including phenoxy) is 1. The third kappa shape index (κ3) is 1.61. The molecule has 1 saturated heterocycles. The molecule has 3 heterocycles. The van der Waals surface area contributed by atoms with Gasteiger partial charge in [0.15, 0.2) is 12.2 Å². The molecule has 1 unspecified atom stereocenters. The first kappa shape index (κ1) is 10.3. The van der Waals surface area contributed by atoms with Crippen molar-refractivity contribution in [2.45, 2.75) is 12.1 Å². The van der Waals surface area contributed by atoms with Gasteiger partial charge in [0.05, 0.1) is 24.9 Å². The summed E-state index contributed by atoms with van der Waals surface area (Å²) in [6, 6.07) is -0.106. The number of amides is 2. The zero-order valence-electron chi connectivity index (χ0n) is 9.42. The fraction of sp³-hybridized carbons (Fsp3) is 0.455. The molecule has 0 saturated carbocycles. The first-order valence-corrected chi connectivity index (χ1v) is 5.46. The second kappa shape index (κ2) is 3.89. The second-order valence-electron chi connectivity index (χ2n) is 4.16. The van der Waals surface area contributed by atoms with Crippen molar-refractivity contribution in [3.63, 3.8) is 0 Å². The van der Waals surface area contributed by atoms with Gasteiger partial charge in [0.1, 0.15) is 0 Å². The average molecular weight is 235 g/mol. The number of methoxy groups -OCH3 is 1. The largest absolute Gasteiger partial charge is 0.444 e. The van der Waals surface area contributed by atoms with Crippen LogP contribution in [0.25, 0.3) is 5.57 Å². The monoisotopic (exact) mass is 235 g/mol. The summed E-state index contributed by atoms with van der Waals surface area (Å²) >= 11 is 0. The highest BCUT2D eigenvalue weighted by Crippen LogP contribution is 2.29. The molecule has 2 atom stereocenters. The van der Waals surface area contributed by atoms with E-state index in [0.29, 0.717) is 18.9 Å². The van der Waals surface area contributed by atoms with Gasteiger partial charge in [-0.15, -0.1) is 0 Å². The van der Waals surface area contributed by atoms with Crippen LogP contribution in [0.5, 0.6) is 0 Å². The van der Waals surface area contributed by atoms with Gasteiger partial charge in [-0.1, -0.05) is 6.08 Å². The van der Waals surface area contributed by atoms with Crippen molar-refractivity contribution >= 4 is 11.6 Å². The fourth-order valence-electron chi connectivity index (χ4n) is 2.35. The number of carbonyl (C=O) groups is 1. The number of nitrogens with one attached hydrogen (secondary N) is 1. The molecule has 2 aliphatic heterocycles. The molecule has 0 radical (unpaired) electrons. The first-order valence-electron chi connectivity index (χ1n) is 5.46. The lowest BCUT2D eigenvalue weighted by Crippen LogP contribution is -2.41. The van der Waals surface area contributed by atoms with E-state index < -0.39 is 0 Å². The minimum absolute atomic E-state index is 0.0106. The fourth-order valence-corrected chi connectivity index (χ4v) is 2.35. The lowest BCUT2D eigenvalue weighted by atomic mass is 9.98. The van der Waals surface area contributed by atoms with Crippen LogP contribution in [0.4, 0.5) is 4.79 Å². The van der Waals surface area contributed by atoms with E-state index in [-0.39, 0.29) is 18.1 Å². The standard InChI is InChI=1S/C11H13N3O3/c1-16-5-7-2-8(10-3-12-6-17-10)9-4-14(7)11(15)13-9/h2-3,6-7,9H,4-5H2,1H3,(H,13,15)/t7?,9-/m0/s1. The predicted molar refractivity (Wildman–Crippen MR) is 59.2 cm³/mol. The zero-order valence-corrected chi connectivity index (χ0v) is 9.42. The van der Waals surface area contributed by atoms with Gasteiger partial charge in [-0.25, -0.2) is 9.78 Å². The summed E-state index contributed by atoms with van der Waals surface area (Å²) in [6.07, 6.45) is 5.07. The Labute approximate surface area is 98.2 Å². The zero-order chi connectivity index (χ0) is 11.8. The summed E-state index contributed by atoms with van der Waals surface area (Å²) in [5.74, 6) is 0.706. The van der Waals surface area contributed by atoms with Gasteiger partial charge < -0.3 is 19.4 Å². The molecule has 2 bridgehead atoms. The van der Waals surface area contributed by atoms with Crippen LogP contribution in [0.15, 0.2) is 23.1 Å². The molecule has 0 aromatic carbocycles. The van der Waals surface area contributed by atoms with E-state index in [4.69, 9.17) is 9.15 Å². The van der Waals surface area contributed by atoms with Crippen LogP contribution in [0.1, 0.15) is 5.76 Å². The van der Waals surface area contributed by atoms with Crippen molar-refractivity contribution < 1.29 is 13.9 Å². The lowest BCUT2D eigenvalue weighted by Gasteiger charge is -2.28. The number of aromatic nitrogens is 1. The maximum atomic E-state index is 11.7. The highest BCUT2D eigenvalue weighted by molar-refractivity contribution is 5.85. The van der Waals surface area contributed by atoms with E-state index in [1.165, 1.54) is 6.39 Å². The minimum atomic E-state index is -0.0529. The minimum Gasteiger partial charge on any atom is -0.444 e. The number of nitrogens with zero attached hydrogens (tertiary/aromatic N) is 2. The summed E-state index contributed by atoms with van der Waals surface area (Å²) in [5, 5.41) is 2.92. The molecule has 6 heteroatoms. The van der Waals surface area contributed by atoms with Crippen LogP contribution in [-0.2, 0) is 4.74 Å². The summed E-state index contributed by atoms with van der Waals surface area (Å²) in [7, 11) is 1.63. The molecule has 3 rings (SSSR count). The first-order chi connectivity index (χ1) is 8.29. The molecule has 90 valence electrons. The third-order valence-corrected chi connectivity index (χ3v) is 3.14. The van der Waals surface area contributed by atoms with Gasteiger partial charge in [0.25, 0.3) is 0 Å². The number of carbonyl (C=O) groups excluding carboxylic acids is 1. The van der Waals surface area contributed by atoms with E-state index in [1.807, 2.05) is 6.08 Å². The number of urea groups is 1. The van der Waals surface area contributed by atoms with Crippen molar-refractivity contribution in [1.82, 2.24) is 15.2 Å². The van der Waals surface area contributed by atoms with Gasteiger partial charge in [0.2, 0.25) is 0 Å². The SMILES string of the molecule is COCC1C=C(c2cnco2)[C@@H]2CN1C(=O)N2. The predicted octanol–water partition coefficient (Wildman–Crippen LogP) is 0.480. The van der Waals surface area contributed by atoms with Gasteiger partial charge >= 0.3 is 6.03 Å². The molecule has 1 aromatic heterocycles. The van der Waals surface area contributed by atoms with Crippen molar-refractivity contribution in [3.05, 3.63) is 24.4 Å². The number of oxazole rings is 1. The Morgan fingerprint density at radius 2 is 2.59 bits per heavy atom. The molecule has 0 aliphatic carbocycles. The van der Waals surface area contributed by atoms with Crippen molar-refractivity contribution in [3.8, 4) is 0 Å². The normalized spacial score (nSPS) is 27.0. The topological polar surface area (TPSA) is 67.6 Å². The van der Waals surface area contributed by atoms with E-state index in [1.54, 1.807) is 18.2 Å². The molecular weight excluding hydrogens is 222 g/mol. The highest BCUT2D eigenvalue weighted by atomic mass is 16.5. The second-order valence-corrected chi connectivity index (χ2v) is 4.16. The van der Waals surface area contributed by atoms with Crippen molar-refractivity contribution in [2.24, 2.45) is 0 Å². The van der Waals surface area contributed by atoms with Gasteiger partial charge in [-0.3, -0.25) is 0 Å². The van der Waals surface area contributed by atoms with E-state index in [2.05, 4.69) is 10.3 Å². The van der Waals surface area contributed by atoms with Gasteiger partial charge in [0, 0.05) is 19.2 Å². The van der Waals surface area contributed by atoms with Crippen molar-refractivity contribution in [2.75, 3.05) is 20.3 Å². The van der Waals surface area contributed by atoms with Crippen LogP contribution in [0.2, 0.25) is 0 Å². The van der Waals surface area contributed by atoms with E-state index in [0.717, 1.165) is 5.57 Å². The van der Waals surface area contributed by atoms with Gasteiger partial charge in [-0.05, 0) is 0 Å². The quantitative estimate of drug-likeness (QED) is 0.827. The molecule has 1 fully saturated rings. The molecule has 2 aliphatic rings. The molecule has 2 amide bonds. The molecule has 6 nitrogen and oxygen atoms in total. The Balaban J connectivity index is 1.95. The Morgan fingerprint density at radius 1 is 1.71 bits per heavy atom. The van der Waals surface area contributed by atoms with Crippen LogP contribution in [-0.4, -0.2) is 48.3 Å². The number of rotatable bonds is 3. The van der Waals surface area contributed by atoms with Crippen LogP contribution in [0, 0.1) is 0 Å². The summed E-state index contributed by atoms with van der Waals surface area (Å²) < 4.78 is 10.4. The summed E-state index contributed by atoms with van der Waals surface area (Å²) in [5.41, 5.74) is 0.978. The van der Waals surface area contributed by atoms with Crippen LogP contribution in [0.3, 0.4) is 0 Å². The smallest absolute Gasteiger partial charge is 0.318 e. The van der Waals surface area contributed by atoms with E-state index in [9.17, 15) is 4.79 Å². The maximum Gasteiger partial charge on any atom is 0.318 e. The summed E-state index contributed by atoms with van der Waals surface area (Å²) in [6.45, 7) is 1.14. The Morgan fingerprint density at radius 3 is 3.29 bits per heavy atom. The van der Waals surface area contributed by atoms with Gasteiger partial charge in [-0.2, -0.15) is 0 Å². The Hall–Kier alpha value is -1.82. The molecule has 17 heavy (non-hydrogen) atoms. The average Bonchev–Trinajstić information content (AvgIpc) is 2.93.